The number of carbonyl (C=O) groups is 1. The van der Waals surface area contributed by atoms with Gasteiger partial charge < -0.3 is 15.0 Å². The predicted octanol–water partition coefficient (Wildman–Crippen LogP) is 2.90. The van der Waals surface area contributed by atoms with Crippen molar-refractivity contribution in [3.8, 4) is 0 Å². The first-order valence-electron chi connectivity index (χ1n) is 9.31. The Kier molecular flexibility index (Phi) is 4.44. The zero-order chi connectivity index (χ0) is 18.1. The number of aromatic amines is 1. The minimum absolute atomic E-state index is 0.00730. The van der Waals surface area contributed by atoms with E-state index < -0.39 is 0 Å². The van der Waals surface area contributed by atoms with E-state index in [4.69, 9.17) is 4.74 Å². The van der Waals surface area contributed by atoms with E-state index in [-0.39, 0.29) is 17.6 Å². The number of hydrogen-bond acceptors (Lipinski definition) is 4. The summed E-state index contributed by atoms with van der Waals surface area (Å²) in [4.78, 5) is 14.6. The van der Waals surface area contributed by atoms with Crippen molar-refractivity contribution < 1.29 is 9.53 Å². The van der Waals surface area contributed by atoms with Gasteiger partial charge in [0.1, 0.15) is 5.69 Å². The first kappa shape index (κ1) is 17.1. The molecular formula is C20H26N4O2. The molecule has 0 radical (unpaired) electrons. The summed E-state index contributed by atoms with van der Waals surface area (Å²) < 4.78 is 6.23. The van der Waals surface area contributed by atoms with Gasteiger partial charge in [-0.25, -0.2) is 0 Å². The molecule has 2 aliphatic rings. The van der Waals surface area contributed by atoms with Crippen molar-refractivity contribution in [2.24, 2.45) is 0 Å². The summed E-state index contributed by atoms with van der Waals surface area (Å²) in [7, 11) is 0. The molecule has 0 unspecified atom stereocenters. The zero-order valence-corrected chi connectivity index (χ0v) is 15.4. The first-order valence-corrected chi connectivity index (χ1v) is 9.31. The van der Waals surface area contributed by atoms with Crippen LogP contribution in [0.5, 0.6) is 0 Å². The monoisotopic (exact) mass is 354 g/mol. The number of nitrogens with one attached hydrogen (secondary N) is 2. The van der Waals surface area contributed by atoms with Crippen LogP contribution in [-0.2, 0) is 4.74 Å². The standard InChI is InChI=1S/C20H26N4O2/c1-14-5-3-6-16(9-14)21-17-11-20(26-12-17)7-4-8-24(13-20)19(25)18-10-15(2)22-23-18/h3,5-6,9-10,17,21H,4,7-8,11-13H2,1-2H3,(H,22,23)/t17-,20+/m0/s1. The average Bonchev–Trinajstić information content (AvgIpc) is 3.21. The lowest BCUT2D eigenvalue weighted by Gasteiger charge is -2.39. The number of rotatable bonds is 3. The molecular weight excluding hydrogens is 328 g/mol. The van der Waals surface area contributed by atoms with Gasteiger partial charge in [0.2, 0.25) is 0 Å². The zero-order valence-electron chi connectivity index (χ0n) is 15.4. The number of aromatic nitrogens is 2. The highest BCUT2D eigenvalue weighted by atomic mass is 16.5. The van der Waals surface area contributed by atoms with Crippen LogP contribution in [0.1, 0.15) is 41.0 Å². The molecule has 0 saturated carbocycles. The highest BCUT2D eigenvalue weighted by Crippen LogP contribution is 2.36. The van der Waals surface area contributed by atoms with Crippen molar-refractivity contribution in [2.45, 2.75) is 44.8 Å². The summed E-state index contributed by atoms with van der Waals surface area (Å²) in [5.74, 6) is -0.00730. The van der Waals surface area contributed by atoms with Crippen molar-refractivity contribution in [3.63, 3.8) is 0 Å². The van der Waals surface area contributed by atoms with Crippen LogP contribution in [0.3, 0.4) is 0 Å². The fourth-order valence-electron chi connectivity index (χ4n) is 4.15. The number of carbonyl (C=O) groups excluding carboxylic acids is 1. The topological polar surface area (TPSA) is 70.2 Å². The maximum Gasteiger partial charge on any atom is 0.274 e. The highest BCUT2D eigenvalue weighted by molar-refractivity contribution is 5.92. The molecule has 6 heteroatoms. The van der Waals surface area contributed by atoms with Crippen LogP contribution in [-0.4, -0.2) is 52.3 Å². The van der Waals surface area contributed by atoms with Crippen molar-refractivity contribution in [2.75, 3.05) is 25.0 Å². The van der Waals surface area contributed by atoms with Gasteiger partial charge in [-0.2, -0.15) is 5.10 Å². The summed E-state index contributed by atoms with van der Waals surface area (Å²) in [5.41, 5.74) is 3.53. The first-order chi connectivity index (χ1) is 12.5. The molecule has 2 aromatic rings. The van der Waals surface area contributed by atoms with Crippen LogP contribution < -0.4 is 5.32 Å². The van der Waals surface area contributed by atoms with Gasteiger partial charge in [0.15, 0.2) is 0 Å². The van der Waals surface area contributed by atoms with Crippen LogP contribution in [0.2, 0.25) is 0 Å². The Morgan fingerprint density at radius 1 is 1.38 bits per heavy atom. The van der Waals surface area contributed by atoms with E-state index in [1.807, 2.05) is 11.8 Å². The lowest BCUT2D eigenvalue weighted by molar-refractivity contribution is -0.0448. The second-order valence-electron chi connectivity index (χ2n) is 7.68. The largest absolute Gasteiger partial charge is 0.380 e. The molecule has 2 atom stereocenters. The van der Waals surface area contributed by atoms with Crippen LogP contribution in [0.15, 0.2) is 30.3 Å². The highest BCUT2D eigenvalue weighted by Gasteiger charge is 2.44. The molecule has 2 aliphatic heterocycles. The van der Waals surface area contributed by atoms with Crippen LogP contribution in [0.25, 0.3) is 0 Å². The van der Waals surface area contributed by atoms with Crippen LogP contribution in [0, 0.1) is 13.8 Å². The van der Waals surface area contributed by atoms with Crippen LogP contribution >= 0.6 is 0 Å². The molecule has 1 aromatic heterocycles. The number of ether oxygens (including phenoxy) is 1. The average molecular weight is 354 g/mol. The molecule has 26 heavy (non-hydrogen) atoms. The second-order valence-corrected chi connectivity index (χ2v) is 7.68. The maximum atomic E-state index is 12.7. The van der Waals surface area contributed by atoms with Gasteiger partial charge in [0.05, 0.1) is 24.8 Å². The van der Waals surface area contributed by atoms with Crippen molar-refractivity contribution >= 4 is 11.6 Å². The molecule has 2 fully saturated rings. The number of aryl methyl sites for hydroxylation is 2. The molecule has 0 aliphatic carbocycles. The van der Waals surface area contributed by atoms with Gasteiger partial charge in [0, 0.05) is 24.3 Å². The second kappa shape index (κ2) is 6.76. The van der Waals surface area contributed by atoms with E-state index in [1.54, 1.807) is 6.07 Å². The van der Waals surface area contributed by atoms with Gasteiger partial charge in [-0.3, -0.25) is 9.89 Å². The summed E-state index contributed by atoms with van der Waals surface area (Å²) in [6, 6.07) is 10.5. The Bertz CT molecular complexity index is 803. The van der Waals surface area contributed by atoms with E-state index in [1.165, 1.54) is 5.56 Å². The molecule has 1 aromatic carbocycles. The number of H-pyrrole nitrogens is 1. The SMILES string of the molecule is Cc1cccc(N[C@@H]2CO[C@]3(CCCN(C(=O)c4cc(C)[nH]n4)C3)C2)c1. The van der Waals surface area contributed by atoms with E-state index in [9.17, 15) is 4.79 Å². The normalized spacial score (nSPS) is 25.6. The van der Waals surface area contributed by atoms with E-state index in [0.717, 1.165) is 37.2 Å². The van der Waals surface area contributed by atoms with E-state index in [2.05, 4.69) is 46.7 Å². The predicted molar refractivity (Wildman–Crippen MR) is 100 cm³/mol. The van der Waals surface area contributed by atoms with Gasteiger partial charge in [0.25, 0.3) is 5.91 Å². The smallest absolute Gasteiger partial charge is 0.274 e. The Hall–Kier alpha value is -2.34. The number of hydrogen-bond donors (Lipinski definition) is 2. The minimum Gasteiger partial charge on any atom is -0.380 e. The van der Waals surface area contributed by atoms with Crippen molar-refractivity contribution in [3.05, 3.63) is 47.3 Å². The third-order valence-electron chi connectivity index (χ3n) is 5.35. The van der Waals surface area contributed by atoms with Gasteiger partial charge in [-0.05, 0) is 50.5 Å². The van der Waals surface area contributed by atoms with E-state index >= 15 is 0 Å². The lowest BCUT2D eigenvalue weighted by Crippen LogP contribution is -2.50. The molecule has 2 saturated heterocycles. The Morgan fingerprint density at radius 2 is 2.27 bits per heavy atom. The number of benzene rings is 1. The van der Waals surface area contributed by atoms with Gasteiger partial charge in [-0.1, -0.05) is 12.1 Å². The summed E-state index contributed by atoms with van der Waals surface area (Å²) in [5, 5.41) is 10.6. The molecule has 1 spiro atoms. The Labute approximate surface area is 153 Å². The molecule has 2 N–H and O–H groups in total. The molecule has 1 amide bonds. The van der Waals surface area contributed by atoms with Crippen molar-refractivity contribution in [1.29, 1.82) is 0 Å². The minimum atomic E-state index is -0.235. The molecule has 0 bridgehead atoms. The van der Waals surface area contributed by atoms with Crippen LogP contribution in [0.4, 0.5) is 5.69 Å². The molecule has 6 nitrogen and oxygen atoms in total. The number of anilines is 1. The number of nitrogens with zero attached hydrogens (tertiary/aromatic N) is 2. The number of likely N-dealkylation sites (tertiary alicyclic amines) is 1. The lowest BCUT2D eigenvalue weighted by atomic mass is 9.88. The quantitative estimate of drug-likeness (QED) is 0.889. The van der Waals surface area contributed by atoms with Gasteiger partial charge >= 0.3 is 0 Å². The fourth-order valence-corrected chi connectivity index (χ4v) is 4.15. The number of piperidine rings is 1. The summed E-state index contributed by atoms with van der Waals surface area (Å²) >= 11 is 0. The fraction of sp³-hybridized carbons (Fsp3) is 0.500. The maximum absolute atomic E-state index is 12.7. The third-order valence-corrected chi connectivity index (χ3v) is 5.35. The number of amides is 1. The molecule has 4 rings (SSSR count). The Balaban J connectivity index is 1.41. The summed E-state index contributed by atoms with van der Waals surface area (Å²) in [6.45, 7) is 6.09. The van der Waals surface area contributed by atoms with E-state index in [0.29, 0.717) is 18.8 Å². The van der Waals surface area contributed by atoms with Crippen molar-refractivity contribution in [1.82, 2.24) is 15.1 Å². The van der Waals surface area contributed by atoms with Gasteiger partial charge in [-0.15, -0.1) is 0 Å². The third kappa shape index (κ3) is 3.46. The molecule has 138 valence electrons. The molecule has 3 heterocycles. The summed E-state index contributed by atoms with van der Waals surface area (Å²) in [6.07, 6.45) is 2.89. The Morgan fingerprint density at radius 3 is 3.04 bits per heavy atom.